The average molecular weight is 224 g/mol. The summed E-state index contributed by atoms with van der Waals surface area (Å²) >= 11 is 0. The second-order valence-electron chi connectivity index (χ2n) is 3.72. The third kappa shape index (κ3) is 2.29. The lowest BCUT2D eigenvalue weighted by Crippen LogP contribution is -1.95. The number of esters is 1. The van der Waals surface area contributed by atoms with Gasteiger partial charge in [0, 0.05) is 11.5 Å². The van der Waals surface area contributed by atoms with Gasteiger partial charge in [0.1, 0.15) is 0 Å². The first-order valence-electron chi connectivity index (χ1n) is 5.30. The first-order valence-corrected chi connectivity index (χ1v) is 5.30. The van der Waals surface area contributed by atoms with Gasteiger partial charge in [-0.05, 0) is 23.3 Å². The smallest absolute Gasteiger partial charge is 0.384 e. The monoisotopic (exact) mass is 224 g/mol. The molecule has 0 amide bonds. The summed E-state index contributed by atoms with van der Waals surface area (Å²) in [5.74, 6) is 4.84. The fourth-order valence-corrected chi connectivity index (χ4v) is 1.71. The van der Waals surface area contributed by atoms with E-state index in [4.69, 9.17) is 0 Å². The average Bonchev–Trinajstić information content (AvgIpc) is 2.37. The Balaban J connectivity index is 2.62. The molecule has 0 atom stereocenters. The van der Waals surface area contributed by atoms with Gasteiger partial charge in [0.2, 0.25) is 0 Å². The molecule has 2 heteroatoms. The zero-order chi connectivity index (χ0) is 12.3. The minimum atomic E-state index is -0.516. The summed E-state index contributed by atoms with van der Waals surface area (Å²) in [5.41, 5.74) is 1.94. The third-order valence-corrected chi connectivity index (χ3v) is 2.61. The molecule has 2 rings (SSSR count). The number of methoxy groups -OCH3 is 1. The summed E-state index contributed by atoms with van der Waals surface area (Å²) in [4.78, 5) is 11.0. The minimum absolute atomic E-state index is 0.516. The zero-order valence-corrected chi connectivity index (χ0v) is 9.78. The Hall–Kier alpha value is -2.27. The summed E-state index contributed by atoms with van der Waals surface area (Å²) < 4.78 is 4.51. The second kappa shape index (κ2) is 4.71. The molecule has 0 unspecified atom stereocenters. The van der Waals surface area contributed by atoms with Crippen molar-refractivity contribution >= 4 is 16.7 Å². The van der Waals surface area contributed by atoms with Gasteiger partial charge in [0.05, 0.1) is 7.11 Å². The van der Waals surface area contributed by atoms with Gasteiger partial charge in [-0.2, -0.15) is 0 Å². The molecule has 0 saturated heterocycles. The Bertz CT molecular complexity index is 630. The number of rotatable bonds is 0. The van der Waals surface area contributed by atoms with Crippen LogP contribution in [-0.4, -0.2) is 13.1 Å². The number of fused-ring (bicyclic) bond motifs is 1. The largest absolute Gasteiger partial charge is 0.459 e. The standard InChI is InChI=1S/C15H12O2/c1-11-7-8-12-5-3-4-6-14(12)13(11)9-10-15(16)17-2/h3-8H,1-2H3. The van der Waals surface area contributed by atoms with Crippen LogP contribution < -0.4 is 0 Å². The molecule has 17 heavy (non-hydrogen) atoms. The normalized spacial score (nSPS) is 9.53. The molecule has 0 aliphatic carbocycles. The Morgan fingerprint density at radius 1 is 1.18 bits per heavy atom. The van der Waals surface area contributed by atoms with Crippen molar-refractivity contribution < 1.29 is 9.53 Å². The fraction of sp³-hybridized carbons (Fsp3) is 0.133. The van der Waals surface area contributed by atoms with Crippen LogP contribution in [0.4, 0.5) is 0 Å². The van der Waals surface area contributed by atoms with Crippen molar-refractivity contribution in [2.45, 2.75) is 6.92 Å². The van der Waals surface area contributed by atoms with Gasteiger partial charge >= 0.3 is 5.97 Å². The van der Waals surface area contributed by atoms with Crippen LogP contribution in [0.15, 0.2) is 36.4 Å². The van der Waals surface area contributed by atoms with Gasteiger partial charge in [-0.25, -0.2) is 4.79 Å². The number of aryl methyl sites for hydroxylation is 1. The first kappa shape index (κ1) is 11.2. The van der Waals surface area contributed by atoms with Crippen LogP contribution in [0.25, 0.3) is 10.8 Å². The molecular weight excluding hydrogens is 212 g/mol. The van der Waals surface area contributed by atoms with E-state index in [1.54, 1.807) is 0 Å². The van der Waals surface area contributed by atoms with Crippen molar-refractivity contribution in [1.29, 1.82) is 0 Å². The van der Waals surface area contributed by atoms with E-state index in [2.05, 4.69) is 16.6 Å². The van der Waals surface area contributed by atoms with Gasteiger partial charge in [-0.1, -0.05) is 42.3 Å². The molecule has 0 fully saturated rings. The molecule has 2 aromatic rings. The van der Waals surface area contributed by atoms with E-state index in [1.807, 2.05) is 43.3 Å². The van der Waals surface area contributed by atoms with E-state index in [-0.39, 0.29) is 0 Å². The Morgan fingerprint density at radius 3 is 2.71 bits per heavy atom. The fourth-order valence-electron chi connectivity index (χ4n) is 1.71. The van der Waals surface area contributed by atoms with Gasteiger partial charge in [-0.3, -0.25) is 0 Å². The highest BCUT2D eigenvalue weighted by Crippen LogP contribution is 2.20. The number of ether oxygens (including phenoxy) is 1. The summed E-state index contributed by atoms with van der Waals surface area (Å²) in [7, 11) is 1.33. The zero-order valence-electron chi connectivity index (χ0n) is 9.78. The van der Waals surface area contributed by atoms with Crippen molar-refractivity contribution in [2.24, 2.45) is 0 Å². The van der Waals surface area contributed by atoms with Gasteiger partial charge in [0.25, 0.3) is 0 Å². The number of carbonyl (C=O) groups excluding carboxylic acids is 1. The Kier molecular flexibility index (Phi) is 3.11. The summed E-state index contributed by atoms with van der Waals surface area (Å²) in [5, 5.41) is 2.18. The predicted molar refractivity (Wildman–Crippen MR) is 67.6 cm³/mol. The molecule has 0 aliphatic heterocycles. The lowest BCUT2D eigenvalue weighted by molar-refractivity contribution is -0.133. The molecule has 0 aromatic heterocycles. The van der Waals surface area contributed by atoms with Crippen LogP contribution in [0.2, 0.25) is 0 Å². The summed E-state index contributed by atoms with van der Waals surface area (Å²) in [6.45, 7) is 1.98. The molecule has 0 radical (unpaired) electrons. The topological polar surface area (TPSA) is 26.3 Å². The van der Waals surface area contributed by atoms with E-state index in [0.717, 1.165) is 21.9 Å². The van der Waals surface area contributed by atoms with E-state index in [1.165, 1.54) is 7.11 Å². The quantitative estimate of drug-likeness (QED) is 0.508. The molecule has 0 bridgehead atoms. The van der Waals surface area contributed by atoms with Crippen molar-refractivity contribution in [3.63, 3.8) is 0 Å². The van der Waals surface area contributed by atoms with Gasteiger partial charge < -0.3 is 4.74 Å². The maximum atomic E-state index is 11.0. The maximum Gasteiger partial charge on any atom is 0.384 e. The van der Waals surface area contributed by atoms with Crippen molar-refractivity contribution in [2.75, 3.05) is 7.11 Å². The van der Waals surface area contributed by atoms with Crippen LogP contribution in [-0.2, 0) is 9.53 Å². The highest BCUT2D eigenvalue weighted by Gasteiger charge is 2.01. The number of hydrogen-bond acceptors (Lipinski definition) is 2. The third-order valence-electron chi connectivity index (χ3n) is 2.61. The second-order valence-corrected chi connectivity index (χ2v) is 3.72. The first-order chi connectivity index (χ1) is 8.22. The van der Waals surface area contributed by atoms with E-state index < -0.39 is 5.97 Å². The number of carbonyl (C=O) groups is 1. The summed E-state index contributed by atoms with van der Waals surface area (Å²) in [6.07, 6.45) is 0. The minimum Gasteiger partial charge on any atom is -0.459 e. The molecule has 2 aromatic carbocycles. The van der Waals surface area contributed by atoms with Crippen LogP contribution in [0.5, 0.6) is 0 Å². The van der Waals surface area contributed by atoms with Crippen molar-refractivity contribution in [3.05, 3.63) is 47.5 Å². The van der Waals surface area contributed by atoms with Crippen LogP contribution in [0, 0.1) is 18.8 Å². The molecule has 0 spiro atoms. The van der Waals surface area contributed by atoms with E-state index in [9.17, 15) is 4.79 Å². The van der Waals surface area contributed by atoms with E-state index >= 15 is 0 Å². The molecule has 2 nitrogen and oxygen atoms in total. The van der Waals surface area contributed by atoms with Gasteiger partial charge in [-0.15, -0.1) is 0 Å². The maximum absolute atomic E-state index is 11.0. The molecule has 84 valence electrons. The Morgan fingerprint density at radius 2 is 1.94 bits per heavy atom. The summed E-state index contributed by atoms with van der Waals surface area (Å²) in [6, 6.07) is 12.0. The van der Waals surface area contributed by atoms with E-state index in [0.29, 0.717) is 0 Å². The number of benzene rings is 2. The van der Waals surface area contributed by atoms with Crippen LogP contribution in [0.3, 0.4) is 0 Å². The van der Waals surface area contributed by atoms with Crippen molar-refractivity contribution in [3.8, 4) is 11.8 Å². The highest BCUT2D eigenvalue weighted by atomic mass is 16.5. The molecule has 0 aliphatic rings. The highest BCUT2D eigenvalue weighted by molar-refractivity contribution is 5.93. The lowest BCUT2D eigenvalue weighted by atomic mass is 10.0. The molecule has 0 N–H and O–H groups in total. The lowest BCUT2D eigenvalue weighted by Gasteiger charge is -2.03. The van der Waals surface area contributed by atoms with Crippen LogP contribution >= 0.6 is 0 Å². The SMILES string of the molecule is COC(=O)C#Cc1c(C)ccc2ccccc12. The van der Waals surface area contributed by atoms with Gasteiger partial charge in [0.15, 0.2) is 0 Å². The van der Waals surface area contributed by atoms with Crippen molar-refractivity contribution in [1.82, 2.24) is 0 Å². The predicted octanol–water partition coefficient (Wildman–Crippen LogP) is 2.67. The molecule has 0 saturated carbocycles. The molecular formula is C15H12O2. The molecule has 0 heterocycles. The van der Waals surface area contributed by atoms with Crippen LogP contribution in [0.1, 0.15) is 11.1 Å². The number of hydrogen-bond donors (Lipinski definition) is 0. The Labute approximate surface area is 100 Å².